The van der Waals surface area contributed by atoms with Crippen LogP contribution < -0.4 is 5.32 Å². The fourth-order valence-corrected chi connectivity index (χ4v) is 4.70. The second-order valence-electron chi connectivity index (χ2n) is 6.69. The molecule has 0 radical (unpaired) electrons. The molecule has 0 saturated heterocycles. The average molecular weight is 309 g/mol. The summed E-state index contributed by atoms with van der Waals surface area (Å²) in [4.78, 5) is 2.53. The number of rotatable bonds is 7. The Labute approximate surface area is 134 Å². The second-order valence-corrected chi connectivity index (χ2v) is 7.47. The van der Waals surface area contributed by atoms with Crippen molar-refractivity contribution in [2.24, 2.45) is 0 Å². The molecule has 1 unspecified atom stereocenters. The van der Waals surface area contributed by atoms with E-state index in [1.807, 2.05) is 11.3 Å². The van der Waals surface area contributed by atoms with Crippen LogP contribution in [0, 0.1) is 0 Å². The zero-order valence-electron chi connectivity index (χ0n) is 14.0. The molecule has 21 heavy (non-hydrogen) atoms. The van der Waals surface area contributed by atoms with Crippen LogP contribution in [0.1, 0.15) is 57.4 Å². The first-order valence-corrected chi connectivity index (χ1v) is 9.55. The largest absolute Gasteiger partial charge is 0.312 e. The first kappa shape index (κ1) is 17.0. The summed E-state index contributed by atoms with van der Waals surface area (Å²) < 4.78 is 0. The van der Waals surface area contributed by atoms with Gasteiger partial charge in [0.25, 0.3) is 0 Å². The summed E-state index contributed by atoms with van der Waals surface area (Å²) in [7, 11) is 4.58. The number of hydrogen-bond acceptors (Lipinski definition) is 3. The van der Waals surface area contributed by atoms with Gasteiger partial charge in [-0.3, -0.25) is 0 Å². The van der Waals surface area contributed by atoms with Gasteiger partial charge in [-0.2, -0.15) is 11.3 Å². The van der Waals surface area contributed by atoms with Crippen LogP contribution in [0.25, 0.3) is 0 Å². The molecule has 0 aliphatic heterocycles. The van der Waals surface area contributed by atoms with Crippen LogP contribution in [-0.4, -0.2) is 37.1 Å². The molecule has 2 rings (SSSR count). The van der Waals surface area contributed by atoms with Crippen molar-refractivity contribution < 1.29 is 0 Å². The van der Waals surface area contributed by atoms with Crippen LogP contribution in [0.3, 0.4) is 0 Å². The quantitative estimate of drug-likeness (QED) is 0.755. The molecule has 1 saturated carbocycles. The van der Waals surface area contributed by atoms with Crippen LogP contribution in [-0.2, 0) is 6.42 Å². The van der Waals surface area contributed by atoms with Gasteiger partial charge in [-0.05, 0) is 68.7 Å². The monoisotopic (exact) mass is 308 g/mol. The molecule has 0 amide bonds. The highest BCUT2D eigenvalue weighted by Crippen LogP contribution is 2.35. The summed E-state index contributed by atoms with van der Waals surface area (Å²) in [5.41, 5.74) is 1.85. The molecule has 1 atom stereocenters. The van der Waals surface area contributed by atoms with Crippen LogP contribution in [0.15, 0.2) is 16.8 Å². The smallest absolute Gasteiger partial charge is 0.0356 e. The Morgan fingerprint density at radius 1 is 1.24 bits per heavy atom. The van der Waals surface area contributed by atoms with Gasteiger partial charge in [0.1, 0.15) is 0 Å². The Bertz CT molecular complexity index is 378. The van der Waals surface area contributed by atoms with E-state index in [1.165, 1.54) is 56.9 Å². The summed E-state index contributed by atoms with van der Waals surface area (Å²) in [5.74, 6) is 0. The summed E-state index contributed by atoms with van der Waals surface area (Å²) in [6.45, 7) is 3.32. The van der Waals surface area contributed by atoms with E-state index in [1.54, 1.807) is 0 Å². The topological polar surface area (TPSA) is 15.3 Å². The minimum absolute atomic E-state index is 0.350. The molecule has 1 aromatic rings. The molecule has 1 fully saturated rings. The first-order chi connectivity index (χ1) is 10.2. The lowest BCUT2D eigenvalue weighted by atomic mass is 9.79. The van der Waals surface area contributed by atoms with E-state index in [9.17, 15) is 0 Å². The molecule has 1 heterocycles. The van der Waals surface area contributed by atoms with Crippen molar-refractivity contribution in [2.45, 2.75) is 69.9 Å². The standard InChI is InChI=1S/C18H32N2S/c1-4-19-17(10-9-16-11-14-21-15-16)18(20(2)3)12-7-5-6-8-13-18/h11,14-15,17,19H,4-10,12-13H2,1-3H3. The fourth-order valence-electron chi connectivity index (χ4n) is 4.00. The molecule has 1 N–H and O–H groups in total. The Morgan fingerprint density at radius 2 is 1.95 bits per heavy atom. The maximum Gasteiger partial charge on any atom is 0.0356 e. The maximum absolute atomic E-state index is 3.83. The van der Waals surface area contributed by atoms with Gasteiger partial charge in [-0.1, -0.05) is 32.6 Å². The van der Waals surface area contributed by atoms with Gasteiger partial charge in [-0.25, -0.2) is 0 Å². The number of nitrogens with zero attached hydrogens (tertiary/aromatic N) is 1. The van der Waals surface area contributed by atoms with Crippen molar-refractivity contribution >= 4 is 11.3 Å². The zero-order valence-corrected chi connectivity index (χ0v) is 14.8. The molecule has 0 spiro atoms. The molecular weight excluding hydrogens is 276 g/mol. The lowest BCUT2D eigenvalue weighted by Gasteiger charge is -2.46. The average Bonchev–Trinajstić information content (AvgIpc) is 2.86. The van der Waals surface area contributed by atoms with E-state index in [0.29, 0.717) is 11.6 Å². The number of hydrogen-bond donors (Lipinski definition) is 1. The minimum Gasteiger partial charge on any atom is -0.312 e. The van der Waals surface area contributed by atoms with Gasteiger partial charge < -0.3 is 10.2 Å². The Hall–Kier alpha value is -0.380. The van der Waals surface area contributed by atoms with Gasteiger partial charge in [0.15, 0.2) is 0 Å². The van der Waals surface area contributed by atoms with Crippen LogP contribution >= 0.6 is 11.3 Å². The Kier molecular flexibility index (Phi) is 6.72. The zero-order chi connectivity index (χ0) is 15.1. The number of nitrogens with one attached hydrogen (secondary N) is 1. The Balaban J connectivity index is 2.10. The van der Waals surface area contributed by atoms with Gasteiger partial charge in [-0.15, -0.1) is 0 Å². The molecule has 3 heteroatoms. The van der Waals surface area contributed by atoms with Crippen molar-refractivity contribution in [3.05, 3.63) is 22.4 Å². The van der Waals surface area contributed by atoms with Crippen molar-refractivity contribution in [3.63, 3.8) is 0 Å². The minimum atomic E-state index is 0.350. The molecule has 2 nitrogen and oxygen atoms in total. The predicted molar refractivity (Wildman–Crippen MR) is 94.2 cm³/mol. The lowest BCUT2D eigenvalue weighted by molar-refractivity contribution is 0.0771. The summed E-state index contributed by atoms with van der Waals surface area (Å²) >= 11 is 1.82. The lowest BCUT2D eigenvalue weighted by Crippen LogP contribution is -2.59. The van der Waals surface area contributed by atoms with Gasteiger partial charge in [0.05, 0.1) is 0 Å². The molecule has 0 bridgehead atoms. The van der Waals surface area contributed by atoms with Crippen molar-refractivity contribution in [1.29, 1.82) is 0 Å². The van der Waals surface area contributed by atoms with Gasteiger partial charge in [0.2, 0.25) is 0 Å². The molecule has 1 aromatic heterocycles. The Morgan fingerprint density at radius 3 is 2.48 bits per heavy atom. The number of likely N-dealkylation sites (N-methyl/N-ethyl adjacent to an activating group) is 2. The van der Waals surface area contributed by atoms with E-state index in [0.717, 1.165) is 6.54 Å². The maximum atomic E-state index is 3.83. The van der Waals surface area contributed by atoms with Crippen molar-refractivity contribution in [2.75, 3.05) is 20.6 Å². The third-order valence-electron chi connectivity index (χ3n) is 5.26. The van der Waals surface area contributed by atoms with Gasteiger partial charge >= 0.3 is 0 Å². The predicted octanol–water partition coefficient (Wildman–Crippen LogP) is 4.31. The highest BCUT2D eigenvalue weighted by Gasteiger charge is 2.40. The summed E-state index contributed by atoms with van der Waals surface area (Å²) in [6, 6.07) is 2.89. The highest BCUT2D eigenvalue weighted by atomic mass is 32.1. The fraction of sp³-hybridized carbons (Fsp3) is 0.778. The van der Waals surface area contributed by atoms with Crippen LogP contribution in [0.4, 0.5) is 0 Å². The normalized spacial score (nSPS) is 20.4. The SMILES string of the molecule is CCNC(CCc1ccsc1)C1(N(C)C)CCCCCC1. The first-order valence-electron chi connectivity index (χ1n) is 8.61. The summed E-state index contributed by atoms with van der Waals surface area (Å²) in [6.07, 6.45) is 10.8. The summed E-state index contributed by atoms with van der Waals surface area (Å²) in [5, 5.41) is 8.33. The molecule has 1 aliphatic rings. The van der Waals surface area contributed by atoms with Crippen molar-refractivity contribution in [3.8, 4) is 0 Å². The second kappa shape index (κ2) is 8.30. The molecule has 120 valence electrons. The van der Waals surface area contributed by atoms with Crippen LogP contribution in [0.2, 0.25) is 0 Å². The third-order valence-corrected chi connectivity index (χ3v) is 5.99. The molecular formula is C18H32N2S. The van der Waals surface area contributed by atoms with E-state index < -0.39 is 0 Å². The van der Waals surface area contributed by atoms with Gasteiger partial charge in [0, 0.05) is 11.6 Å². The van der Waals surface area contributed by atoms with E-state index in [4.69, 9.17) is 0 Å². The van der Waals surface area contributed by atoms with E-state index in [2.05, 4.69) is 48.1 Å². The highest BCUT2D eigenvalue weighted by molar-refractivity contribution is 7.07. The molecule has 1 aliphatic carbocycles. The van der Waals surface area contributed by atoms with Crippen molar-refractivity contribution in [1.82, 2.24) is 10.2 Å². The third kappa shape index (κ3) is 4.30. The molecule has 0 aromatic carbocycles. The van der Waals surface area contributed by atoms with E-state index in [-0.39, 0.29) is 0 Å². The van der Waals surface area contributed by atoms with Crippen LogP contribution in [0.5, 0.6) is 0 Å². The number of thiophene rings is 1. The number of aryl methyl sites for hydroxylation is 1. The van der Waals surface area contributed by atoms with E-state index >= 15 is 0 Å².